The van der Waals surface area contributed by atoms with Gasteiger partial charge in [0.2, 0.25) is 0 Å². The van der Waals surface area contributed by atoms with Gasteiger partial charge in [-0.05, 0) is 6.07 Å². The van der Waals surface area contributed by atoms with Crippen molar-refractivity contribution in [2.24, 2.45) is 7.05 Å². The number of hydrogen-bond donors (Lipinski definition) is 1. The van der Waals surface area contributed by atoms with E-state index >= 15 is 0 Å². The average molecular weight is 237 g/mol. The van der Waals surface area contributed by atoms with Gasteiger partial charge in [0.15, 0.2) is 0 Å². The molecule has 1 N–H and O–H groups in total. The van der Waals surface area contributed by atoms with Crippen LogP contribution in [0.1, 0.15) is 10.4 Å². The maximum atomic E-state index is 11.8. The summed E-state index contributed by atoms with van der Waals surface area (Å²) in [5, 5.41) is 6.99. The van der Waals surface area contributed by atoms with Crippen LogP contribution in [0.15, 0.2) is 30.7 Å². The Hall–Kier alpha value is -1.88. The van der Waals surface area contributed by atoms with Gasteiger partial charge in [-0.1, -0.05) is 11.6 Å². The SMILES string of the molecule is Cn1nccc1NC(=O)c1cnccc1Cl. The third-order valence-electron chi connectivity index (χ3n) is 2.08. The highest BCUT2D eigenvalue weighted by Gasteiger charge is 2.11. The van der Waals surface area contributed by atoms with Crippen molar-refractivity contribution in [3.8, 4) is 0 Å². The zero-order valence-corrected chi connectivity index (χ0v) is 9.27. The molecular weight excluding hydrogens is 228 g/mol. The number of nitrogens with zero attached hydrogens (tertiary/aromatic N) is 3. The Labute approximate surface area is 97.1 Å². The quantitative estimate of drug-likeness (QED) is 0.864. The average Bonchev–Trinajstić information content (AvgIpc) is 2.65. The molecule has 0 atom stereocenters. The molecule has 2 aromatic heterocycles. The summed E-state index contributed by atoms with van der Waals surface area (Å²) < 4.78 is 1.56. The van der Waals surface area contributed by atoms with Crippen molar-refractivity contribution in [3.05, 3.63) is 41.3 Å². The molecule has 1 amide bonds. The maximum absolute atomic E-state index is 11.8. The Kier molecular flexibility index (Phi) is 2.87. The number of aromatic nitrogens is 3. The highest BCUT2D eigenvalue weighted by atomic mass is 35.5. The van der Waals surface area contributed by atoms with Crippen molar-refractivity contribution in [1.29, 1.82) is 0 Å². The topological polar surface area (TPSA) is 59.8 Å². The van der Waals surface area contributed by atoms with Crippen LogP contribution in [0, 0.1) is 0 Å². The molecule has 82 valence electrons. The Morgan fingerprint density at radius 3 is 2.88 bits per heavy atom. The number of hydrogen-bond acceptors (Lipinski definition) is 3. The third-order valence-corrected chi connectivity index (χ3v) is 2.40. The minimum absolute atomic E-state index is 0.304. The zero-order chi connectivity index (χ0) is 11.5. The summed E-state index contributed by atoms with van der Waals surface area (Å²) in [7, 11) is 1.74. The Morgan fingerprint density at radius 2 is 2.25 bits per heavy atom. The molecule has 0 aliphatic rings. The summed E-state index contributed by atoms with van der Waals surface area (Å²) >= 11 is 5.88. The van der Waals surface area contributed by atoms with E-state index in [2.05, 4.69) is 15.4 Å². The smallest absolute Gasteiger partial charge is 0.259 e. The van der Waals surface area contributed by atoms with Gasteiger partial charge in [-0.3, -0.25) is 14.5 Å². The number of aryl methyl sites for hydroxylation is 1. The zero-order valence-electron chi connectivity index (χ0n) is 8.51. The molecule has 0 aromatic carbocycles. The largest absolute Gasteiger partial charge is 0.307 e. The Balaban J connectivity index is 2.22. The van der Waals surface area contributed by atoms with Crippen molar-refractivity contribution in [3.63, 3.8) is 0 Å². The molecule has 16 heavy (non-hydrogen) atoms. The van der Waals surface area contributed by atoms with E-state index in [9.17, 15) is 4.79 Å². The molecule has 2 rings (SSSR count). The van der Waals surface area contributed by atoms with Gasteiger partial charge in [-0.2, -0.15) is 5.10 Å². The number of pyridine rings is 1. The number of halogens is 1. The maximum Gasteiger partial charge on any atom is 0.259 e. The molecule has 0 spiro atoms. The molecule has 5 nitrogen and oxygen atoms in total. The lowest BCUT2D eigenvalue weighted by Crippen LogP contribution is -2.15. The summed E-state index contributed by atoms with van der Waals surface area (Å²) in [6, 6.07) is 3.27. The number of amides is 1. The van der Waals surface area contributed by atoms with Gasteiger partial charge >= 0.3 is 0 Å². The molecule has 0 fully saturated rings. The summed E-state index contributed by atoms with van der Waals surface area (Å²) in [4.78, 5) is 15.7. The number of anilines is 1. The molecule has 2 heterocycles. The molecule has 2 aromatic rings. The van der Waals surface area contributed by atoms with E-state index in [1.165, 1.54) is 12.4 Å². The lowest BCUT2D eigenvalue weighted by atomic mass is 10.2. The molecule has 0 bridgehead atoms. The second kappa shape index (κ2) is 4.32. The highest BCUT2D eigenvalue weighted by molar-refractivity contribution is 6.34. The minimum Gasteiger partial charge on any atom is -0.307 e. The van der Waals surface area contributed by atoms with Gasteiger partial charge in [-0.15, -0.1) is 0 Å². The first-order valence-corrected chi connectivity index (χ1v) is 4.95. The molecule has 0 aliphatic heterocycles. The summed E-state index contributed by atoms with van der Waals surface area (Å²) in [6.45, 7) is 0. The molecule has 0 aliphatic carbocycles. The van der Waals surface area contributed by atoms with Crippen LogP contribution in [0.5, 0.6) is 0 Å². The summed E-state index contributed by atoms with van der Waals surface area (Å²) in [6.07, 6.45) is 4.55. The molecular formula is C10H9ClN4O. The van der Waals surface area contributed by atoms with Gasteiger partial charge in [0, 0.05) is 25.5 Å². The van der Waals surface area contributed by atoms with Crippen molar-refractivity contribution in [2.75, 3.05) is 5.32 Å². The predicted molar refractivity (Wildman–Crippen MR) is 60.4 cm³/mol. The van der Waals surface area contributed by atoms with Crippen LogP contribution in [0.25, 0.3) is 0 Å². The van der Waals surface area contributed by atoms with E-state index in [1.807, 2.05) is 0 Å². The Bertz CT molecular complexity index is 523. The number of carbonyl (C=O) groups excluding carboxylic acids is 1. The van der Waals surface area contributed by atoms with Crippen LogP contribution in [-0.4, -0.2) is 20.7 Å². The van der Waals surface area contributed by atoms with Crippen LogP contribution >= 0.6 is 11.6 Å². The highest BCUT2D eigenvalue weighted by Crippen LogP contribution is 2.15. The normalized spacial score (nSPS) is 10.1. The van der Waals surface area contributed by atoms with Gasteiger partial charge in [-0.25, -0.2) is 0 Å². The molecule has 0 unspecified atom stereocenters. The van der Waals surface area contributed by atoms with E-state index in [0.29, 0.717) is 16.4 Å². The molecule has 6 heteroatoms. The number of nitrogens with one attached hydrogen (secondary N) is 1. The van der Waals surface area contributed by atoms with Crippen molar-refractivity contribution < 1.29 is 4.79 Å². The minimum atomic E-state index is -0.304. The van der Waals surface area contributed by atoms with E-state index in [4.69, 9.17) is 11.6 Å². The van der Waals surface area contributed by atoms with Crippen LogP contribution in [-0.2, 0) is 7.05 Å². The molecule has 0 radical (unpaired) electrons. The first-order valence-electron chi connectivity index (χ1n) is 4.57. The third kappa shape index (κ3) is 2.04. The van der Waals surface area contributed by atoms with Gasteiger partial charge in [0.1, 0.15) is 5.82 Å². The van der Waals surface area contributed by atoms with Crippen molar-refractivity contribution in [1.82, 2.24) is 14.8 Å². The predicted octanol–water partition coefficient (Wildman–Crippen LogP) is 1.72. The van der Waals surface area contributed by atoms with Crippen LogP contribution in [0.3, 0.4) is 0 Å². The number of rotatable bonds is 2. The van der Waals surface area contributed by atoms with Gasteiger partial charge < -0.3 is 5.32 Å². The first-order chi connectivity index (χ1) is 7.68. The second-order valence-electron chi connectivity index (χ2n) is 3.15. The second-order valence-corrected chi connectivity index (χ2v) is 3.56. The van der Waals surface area contributed by atoms with Gasteiger partial charge in [0.25, 0.3) is 5.91 Å². The van der Waals surface area contributed by atoms with Crippen LogP contribution in [0.4, 0.5) is 5.82 Å². The molecule has 0 saturated heterocycles. The van der Waals surface area contributed by atoms with Crippen molar-refractivity contribution >= 4 is 23.3 Å². The fourth-order valence-electron chi connectivity index (χ4n) is 1.22. The van der Waals surface area contributed by atoms with E-state index in [-0.39, 0.29) is 5.91 Å². The van der Waals surface area contributed by atoms with Crippen LogP contribution < -0.4 is 5.32 Å². The first kappa shape index (κ1) is 10.6. The fourth-order valence-corrected chi connectivity index (χ4v) is 1.42. The van der Waals surface area contributed by atoms with E-state index in [1.54, 1.807) is 30.1 Å². The molecule has 0 saturated carbocycles. The standard InChI is InChI=1S/C10H9ClN4O/c1-15-9(3-5-13-15)14-10(16)7-6-12-4-2-8(7)11/h2-6H,1H3,(H,14,16). The lowest BCUT2D eigenvalue weighted by molar-refractivity contribution is 0.102. The van der Waals surface area contributed by atoms with Crippen LogP contribution in [0.2, 0.25) is 5.02 Å². The monoisotopic (exact) mass is 236 g/mol. The lowest BCUT2D eigenvalue weighted by Gasteiger charge is -2.05. The van der Waals surface area contributed by atoms with Gasteiger partial charge in [0.05, 0.1) is 16.8 Å². The summed E-state index contributed by atoms with van der Waals surface area (Å²) in [5.74, 6) is 0.298. The van der Waals surface area contributed by atoms with E-state index < -0.39 is 0 Å². The van der Waals surface area contributed by atoms with E-state index in [0.717, 1.165) is 0 Å². The summed E-state index contributed by atoms with van der Waals surface area (Å²) in [5.41, 5.74) is 0.338. The number of carbonyl (C=O) groups is 1. The van der Waals surface area contributed by atoms with Crippen molar-refractivity contribution in [2.45, 2.75) is 0 Å². The Morgan fingerprint density at radius 1 is 1.44 bits per heavy atom. The fraction of sp³-hybridized carbons (Fsp3) is 0.100.